The number of nitrogens with two attached hydrogens (primary N) is 1. The molecular formula is C10H12BrN3O. The predicted octanol–water partition coefficient (Wildman–Crippen LogP) is 2.74. The maximum atomic E-state index is 5.92. The molecule has 2 aromatic rings. The molecule has 0 spiro atoms. The molecular weight excluding hydrogens is 258 g/mol. The predicted molar refractivity (Wildman–Crippen MR) is 61.6 cm³/mol. The highest BCUT2D eigenvalue weighted by molar-refractivity contribution is 9.10. The van der Waals surface area contributed by atoms with Gasteiger partial charge in [0, 0.05) is 0 Å². The Morgan fingerprint density at radius 2 is 2.33 bits per heavy atom. The Balaban J connectivity index is 2.42. The van der Waals surface area contributed by atoms with Crippen LogP contribution < -0.4 is 5.73 Å². The van der Waals surface area contributed by atoms with E-state index in [2.05, 4.69) is 21.0 Å². The van der Waals surface area contributed by atoms with Crippen LogP contribution in [-0.2, 0) is 0 Å². The lowest BCUT2D eigenvalue weighted by molar-refractivity contribution is 0.427. The molecule has 2 heterocycles. The zero-order valence-corrected chi connectivity index (χ0v) is 10.2. The maximum Gasteiger partial charge on any atom is 0.137 e. The van der Waals surface area contributed by atoms with Crippen molar-refractivity contribution in [3.05, 3.63) is 34.3 Å². The van der Waals surface area contributed by atoms with Gasteiger partial charge in [0.05, 0.1) is 16.4 Å². The van der Waals surface area contributed by atoms with Gasteiger partial charge in [-0.15, -0.1) is 0 Å². The summed E-state index contributed by atoms with van der Waals surface area (Å²) in [7, 11) is 0. The number of aryl methyl sites for hydroxylation is 1. The largest absolute Gasteiger partial charge is 0.467 e. The van der Waals surface area contributed by atoms with Gasteiger partial charge in [0.25, 0.3) is 0 Å². The average Bonchev–Trinajstić information content (AvgIpc) is 2.82. The molecule has 0 aliphatic carbocycles. The first-order valence-electron chi connectivity index (χ1n) is 4.64. The van der Waals surface area contributed by atoms with Crippen molar-refractivity contribution in [2.24, 2.45) is 0 Å². The smallest absolute Gasteiger partial charge is 0.137 e. The van der Waals surface area contributed by atoms with Crippen LogP contribution in [0.5, 0.6) is 0 Å². The first kappa shape index (κ1) is 10.3. The Labute approximate surface area is 96.2 Å². The van der Waals surface area contributed by atoms with E-state index >= 15 is 0 Å². The van der Waals surface area contributed by atoms with Gasteiger partial charge in [-0.2, -0.15) is 5.10 Å². The zero-order valence-electron chi connectivity index (χ0n) is 8.57. The van der Waals surface area contributed by atoms with Crippen molar-refractivity contribution in [1.29, 1.82) is 0 Å². The highest BCUT2D eigenvalue weighted by Gasteiger charge is 2.17. The molecule has 2 aromatic heterocycles. The monoisotopic (exact) mass is 269 g/mol. The Bertz CT molecular complexity index is 461. The van der Waals surface area contributed by atoms with Crippen molar-refractivity contribution < 1.29 is 4.42 Å². The third kappa shape index (κ3) is 1.67. The minimum Gasteiger partial charge on any atom is -0.467 e. The lowest BCUT2D eigenvalue weighted by atomic mass is 10.2. The molecule has 0 aliphatic rings. The fourth-order valence-electron chi connectivity index (χ4n) is 1.49. The van der Waals surface area contributed by atoms with Gasteiger partial charge in [-0.3, -0.25) is 0 Å². The normalized spacial score (nSPS) is 13.0. The molecule has 0 amide bonds. The molecule has 80 valence electrons. The van der Waals surface area contributed by atoms with Crippen LogP contribution in [0.2, 0.25) is 0 Å². The van der Waals surface area contributed by atoms with E-state index in [1.807, 2.05) is 26.0 Å². The second-order valence-electron chi connectivity index (χ2n) is 3.42. The molecule has 2 N–H and O–H groups in total. The van der Waals surface area contributed by atoms with Crippen LogP contribution in [0.1, 0.15) is 24.4 Å². The minimum atomic E-state index is 0.00463. The Morgan fingerprint density at radius 3 is 2.80 bits per heavy atom. The molecule has 1 atom stereocenters. The number of anilines is 1. The number of rotatable bonds is 2. The fraction of sp³-hybridized carbons (Fsp3) is 0.300. The maximum absolute atomic E-state index is 5.92. The summed E-state index contributed by atoms with van der Waals surface area (Å²) >= 11 is 3.39. The summed E-state index contributed by atoms with van der Waals surface area (Å²) in [6.07, 6.45) is 1.65. The lowest BCUT2D eigenvalue weighted by Crippen LogP contribution is -2.10. The number of nitrogens with zero attached hydrogens (tertiary/aromatic N) is 2. The van der Waals surface area contributed by atoms with E-state index in [0.717, 1.165) is 15.9 Å². The van der Waals surface area contributed by atoms with E-state index in [1.54, 1.807) is 10.9 Å². The molecule has 5 heteroatoms. The molecule has 0 fully saturated rings. The SMILES string of the molecule is Cc1nn(C(C)c2ccco2)c(N)c1Br. The number of nitrogen functional groups attached to an aromatic ring is 1. The minimum absolute atomic E-state index is 0.00463. The molecule has 1 unspecified atom stereocenters. The molecule has 4 nitrogen and oxygen atoms in total. The van der Waals surface area contributed by atoms with E-state index in [0.29, 0.717) is 5.82 Å². The molecule has 0 saturated heterocycles. The second-order valence-corrected chi connectivity index (χ2v) is 4.21. The Kier molecular flexibility index (Phi) is 2.56. The summed E-state index contributed by atoms with van der Waals surface area (Å²) in [4.78, 5) is 0. The molecule has 0 radical (unpaired) electrons. The lowest BCUT2D eigenvalue weighted by Gasteiger charge is -2.10. The molecule has 0 aliphatic heterocycles. The van der Waals surface area contributed by atoms with Crippen LogP contribution >= 0.6 is 15.9 Å². The van der Waals surface area contributed by atoms with Crippen molar-refractivity contribution in [1.82, 2.24) is 9.78 Å². The van der Waals surface area contributed by atoms with E-state index in [9.17, 15) is 0 Å². The van der Waals surface area contributed by atoms with E-state index in [-0.39, 0.29) is 6.04 Å². The van der Waals surface area contributed by atoms with Crippen LogP contribution in [0.4, 0.5) is 5.82 Å². The first-order chi connectivity index (χ1) is 7.11. The standard InChI is InChI=1S/C10H12BrN3O/c1-6-9(11)10(12)14(13-6)7(2)8-4-3-5-15-8/h3-5,7H,12H2,1-2H3. The van der Waals surface area contributed by atoms with Gasteiger partial charge in [0.15, 0.2) is 0 Å². The summed E-state index contributed by atoms with van der Waals surface area (Å²) in [6.45, 7) is 3.90. The van der Waals surface area contributed by atoms with Gasteiger partial charge in [-0.25, -0.2) is 4.68 Å². The zero-order chi connectivity index (χ0) is 11.0. The third-order valence-corrected chi connectivity index (χ3v) is 3.35. The number of hydrogen-bond acceptors (Lipinski definition) is 3. The topological polar surface area (TPSA) is 57.0 Å². The number of furan rings is 1. The Morgan fingerprint density at radius 1 is 1.60 bits per heavy atom. The summed E-state index contributed by atoms with van der Waals surface area (Å²) in [6, 6.07) is 3.77. The molecule has 0 bridgehead atoms. The average molecular weight is 270 g/mol. The van der Waals surface area contributed by atoms with E-state index < -0.39 is 0 Å². The van der Waals surface area contributed by atoms with Crippen LogP contribution in [0, 0.1) is 6.92 Å². The Hall–Kier alpha value is -1.23. The van der Waals surface area contributed by atoms with Gasteiger partial charge in [0.2, 0.25) is 0 Å². The molecule has 15 heavy (non-hydrogen) atoms. The van der Waals surface area contributed by atoms with Gasteiger partial charge in [-0.1, -0.05) is 0 Å². The van der Waals surface area contributed by atoms with Gasteiger partial charge in [-0.05, 0) is 41.9 Å². The number of aromatic nitrogens is 2. The summed E-state index contributed by atoms with van der Waals surface area (Å²) in [5.41, 5.74) is 6.80. The van der Waals surface area contributed by atoms with Crippen molar-refractivity contribution in [2.75, 3.05) is 5.73 Å². The van der Waals surface area contributed by atoms with Crippen molar-refractivity contribution >= 4 is 21.7 Å². The second kappa shape index (κ2) is 3.73. The summed E-state index contributed by atoms with van der Waals surface area (Å²) in [5, 5.41) is 4.35. The van der Waals surface area contributed by atoms with Crippen LogP contribution in [0.25, 0.3) is 0 Å². The number of halogens is 1. The van der Waals surface area contributed by atoms with E-state index in [1.165, 1.54) is 0 Å². The van der Waals surface area contributed by atoms with Crippen molar-refractivity contribution in [2.45, 2.75) is 19.9 Å². The van der Waals surface area contributed by atoms with Crippen molar-refractivity contribution in [3.63, 3.8) is 0 Å². The quantitative estimate of drug-likeness (QED) is 0.912. The van der Waals surface area contributed by atoms with Crippen LogP contribution in [0.15, 0.2) is 27.3 Å². The highest BCUT2D eigenvalue weighted by atomic mass is 79.9. The van der Waals surface area contributed by atoms with Crippen molar-refractivity contribution in [3.8, 4) is 0 Å². The van der Waals surface area contributed by atoms with Crippen LogP contribution in [0.3, 0.4) is 0 Å². The fourth-order valence-corrected chi connectivity index (χ4v) is 1.75. The first-order valence-corrected chi connectivity index (χ1v) is 5.44. The van der Waals surface area contributed by atoms with Crippen LogP contribution in [-0.4, -0.2) is 9.78 Å². The van der Waals surface area contributed by atoms with Gasteiger partial charge < -0.3 is 10.2 Å². The molecule has 0 aromatic carbocycles. The molecule has 0 saturated carbocycles. The molecule has 2 rings (SSSR count). The highest BCUT2D eigenvalue weighted by Crippen LogP contribution is 2.28. The van der Waals surface area contributed by atoms with Gasteiger partial charge >= 0.3 is 0 Å². The summed E-state index contributed by atoms with van der Waals surface area (Å²) < 4.78 is 7.92. The summed E-state index contributed by atoms with van der Waals surface area (Å²) in [5.74, 6) is 1.47. The third-order valence-electron chi connectivity index (χ3n) is 2.37. The van der Waals surface area contributed by atoms with E-state index in [4.69, 9.17) is 10.2 Å². The number of hydrogen-bond donors (Lipinski definition) is 1. The van der Waals surface area contributed by atoms with Gasteiger partial charge in [0.1, 0.15) is 17.6 Å².